The van der Waals surface area contributed by atoms with E-state index in [4.69, 9.17) is 5.11 Å². The molecule has 0 unspecified atom stereocenters. The third-order valence-electron chi connectivity index (χ3n) is 1.81. The lowest BCUT2D eigenvalue weighted by Gasteiger charge is -2.11. The number of carboxylic acids is 1. The van der Waals surface area contributed by atoms with Crippen molar-refractivity contribution in [1.82, 2.24) is 9.55 Å². The molecule has 0 aromatic carbocycles. The molecule has 1 rings (SSSR count). The van der Waals surface area contributed by atoms with Crippen LogP contribution in [0.5, 0.6) is 0 Å². The zero-order valence-corrected chi connectivity index (χ0v) is 10.2. The lowest BCUT2D eigenvalue weighted by atomic mass is 10.4. The Bertz CT molecular complexity index is 358. The van der Waals surface area contributed by atoms with E-state index in [9.17, 15) is 4.79 Å². The number of imidazole rings is 1. The van der Waals surface area contributed by atoms with E-state index in [2.05, 4.69) is 18.8 Å². The molecular formula is C10H16N2O2S. The molecule has 0 radical (unpaired) electrons. The third kappa shape index (κ3) is 2.99. The fourth-order valence-corrected chi connectivity index (χ4v) is 2.11. The summed E-state index contributed by atoms with van der Waals surface area (Å²) in [5.74, 6) is -0.972. The standard InChI is InChI=1S/C10H16N2O2S/c1-6(2)12-5-8(9(13)14)11-10(12)15-7(3)4/h5-7H,1-4H3,(H,13,14). The number of rotatable bonds is 4. The SMILES string of the molecule is CC(C)Sc1nc(C(=O)O)cn1C(C)C. The van der Waals surface area contributed by atoms with Crippen molar-refractivity contribution < 1.29 is 9.90 Å². The highest BCUT2D eigenvalue weighted by atomic mass is 32.2. The summed E-state index contributed by atoms with van der Waals surface area (Å²) in [6, 6.07) is 0.229. The molecule has 0 aliphatic rings. The molecule has 0 aliphatic carbocycles. The van der Waals surface area contributed by atoms with Crippen LogP contribution in [0.3, 0.4) is 0 Å². The molecule has 0 spiro atoms. The predicted octanol–water partition coefficient (Wildman–Crippen LogP) is 2.66. The Hall–Kier alpha value is -0.970. The molecular weight excluding hydrogens is 212 g/mol. The van der Waals surface area contributed by atoms with Crippen LogP contribution in [-0.4, -0.2) is 25.9 Å². The van der Waals surface area contributed by atoms with Crippen molar-refractivity contribution >= 4 is 17.7 Å². The van der Waals surface area contributed by atoms with Crippen LogP contribution >= 0.6 is 11.8 Å². The average Bonchev–Trinajstić information content (AvgIpc) is 2.46. The first-order valence-electron chi connectivity index (χ1n) is 4.90. The molecule has 1 heterocycles. The van der Waals surface area contributed by atoms with Crippen molar-refractivity contribution in [2.45, 2.75) is 44.1 Å². The monoisotopic (exact) mass is 228 g/mol. The van der Waals surface area contributed by atoms with Gasteiger partial charge in [-0.15, -0.1) is 0 Å². The molecule has 4 nitrogen and oxygen atoms in total. The summed E-state index contributed by atoms with van der Waals surface area (Å²) in [7, 11) is 0. The van der Waals surface area contributed by atoms with Gasteiger partial charge in [0.05, 0.1) is 0 Å². The van der Waals surface area contributed by atoms with E-state index in [0.717, 1.165) is 5.16 Å². The van der Waals surface area contributed by atoms with E-state index in [0.29, 0.717) is 5.25 Å². The second-order valence-corrected chi connectivity index (χ2v) is 5.43. The highest BCUT2D eigenvalue weighted by molar-refractivity contribution is 7.99. The van der Waals surface area contributed by atoms with Crippen LogP contribution in [0, 0.1) is 0 Å². The summed E-state index contributed by atoms with van der Waals surface area (Å²) in [4.78, 5) is 14.9. The highest BCUT2D eigenvalue weighted by Gasteiger charge is 2.16. The van der Waals surface area contributed by atoms with Gasteiger partial charge < -0.3 is 9.67 Å². The maximum absolute atomic E-state index is 10.8. The van der Waals surface area contributed by atoms with Crippen molar-refractivity contribution in [3.63, 3.8) is 0 Å². The minimum atomic E-state index is -0.972. The van der Waals surface area contributed by atoms with Crippen molar-refractivity contribution in [2.75, 3.05) is 0 Å². The molecule has 1 aromatic heterocycles. The molecule has 1 N–H and O–H groups in total. The van der Waals surface area contributed by atoms with E-state index < -0.39 is 5.97 Å². The van der Waals surface area contributed by atoms with Gasteiger partial charge >= 0.3 is 5.97 Å². The second kappa shape index (κ2) is 4.70. The Morgan fingerprint density at radius 3 is 2.47 bits per heavy atom. The topological polar surface area (TPSA) is 55.1 Å². The Morgan fingerprint density at radius 1 is 1.47 bits per heavy atom. The van der Waals surface area contributed by atoms with E-state index >= 15 is 0 Å². The van der Waals surface area contributed by atoms with Gasteiger partial charge in [0, 0.05) is 17.5 Å². The Balaban J connectivity index is 3.06. The van der Waals surface area contributed by atoms with Crippen LogP contribution < -0.4 is 0 Å². The van der Waals surface area contributed by atoms with Gasteiger partial charge in [0.1, 0.15) is 0 Å². The lowest BCUT2D eigenvalue weighted by molar-refractivity contribution is 0.0690. The number of hydrogen-bond donors (Lipinski definition) is 1. The Labute approximate surface area is 93.7 Å². The van der Waals surface area contributed by atoms with Crippen LogP contribution in [0.15, 0.2) is 11.4 Å². The molecule has 0 saturated heterocycles. The van der Waals surface area contributed by atoms with Gasteiger partial charge in [-0.05, 0) is 13.8 Å². The molecule has 1 aromatic rings. The Morgan fingerprint density at radius 2 is 2.07 bits per heavy atom. The lowest BCUT2D eigenvalue weighted by Crippen LogP contribution is -2.02. The van der Waals surface area contributed by atoms with Gasteiger partial charge in [0.15, 0.2) is 10.9 Å². The van der Waals surface area contributed by atoms with Gasteiger partial charge in [0.2, 0.25) is 0 Å². The average molecular weight is 228 g/mol. The van der Waals surface area contributed by atoms with Crippen molar-refractivity contribution in [1.29, 1.82) is 0 Å². The summed E-state index contributed by atoms with van der Waals surface area (Å²) in [5.41, 5.74) is 0.117. The van der Waals surface area contributed by atoms with Gasteiger partial charge in [-0.2, -0.15) is 0 Å². The molecule has 0 amide bonds. The number of aromatic carboxylic acids is 1. The number of carboxylic acid groups (broad SMARTS) is 1. The second-order valence-electron chi connectivity index (χ2n) is 3.88. The summed E-state index contributed by atoms with van der Waals surface area (Å²) in [5, 5.41) is 10.0. The first-order chi connectivity index (χ1) is 6.91. The maximum atomic E-state index is 10.8. The van der Waals surface area contributed by atoms with E-state index in [1.54, 1.807) is 18.0 Å². The van der Waals surface area contributed by atoms with Crippen LogP contribution in [0.25, 0.3) is 0 Å². The quantitative estimate of drug-likeness (QED) is 0.805. The van der Waals surface area contributed by atoms with Crippen LogP contribution in [0.1, 0.15) is 44.2 Å². The van der Waals surface area contributed by atoms with Crippen molar-refractivity contribution in [3.8, 4) is 0 Å². The number of carbonyl (C=O) groups is 1. The molecule has 0 saturated carbocycles. The fourth-order valence-electron chi connectivity index (χ4n) is 1.15. The van der Waals surface area contributed by atoms with Crippen molar-refractivity contribution in [2.24, 2.45) is 0 Å². The molecule has 15 heavy (non-hydrogen) atoms. The molecule has 5 heteroatoms. The zero-order chi connectivity index (χ0) is 11.6. The van der Waals surface area contributed by atoms with Crippen LogP contribution in [0.2, 0.25) is 0 Å². The number of aromatic nitrogens is 2. The van der Waals surface area contributed by atoms with Crippen molar-refractivity contribution in [3.05, 3.63) is 11.9 Å². The summed E-state index contributed by atoms with van der Waals surface area (Å²) in [6.45, 7) is 8.14. The van der Waals surface area contributed by atoms with Gasteiger partial charge in [0.25, 0.3) is 0 Å². The Kier molecular flexibility index (Phi) is 3.79. The molecule has 0 atom stereocenters. The first kappa shape index (κ1) is 12.1. The fraction of sp³-hybridized carbons (Fsp3) is 0.600. The summed E-state index contributed by atoms with van der Waals surface area (Å²) in [6.07, 6.45) is 1.59. The molecule has 0 fully saturated rings. The van der Waals surface area contributed by atoms with E-state index in [-0.39, 0.29) is 11.7 Å². The smallest absolute Gasteiger partial charge is 0.356 e. The predicted molar refractivity (Wildman–Crippen MR) is 60.6 cm³/mol. The van der Waals surface area contributed by atoms with Gasteiger partial charge in [-0.1, -0.05) is 25.6 Å². The number of hydrogen-bond acceptors (Lipinski definition) is 3. The summed E-state index contributed by atoms with van der Waals surface area (Å²) >= 11 is 1.58. The minimum absolute atomic E-state index is 0.117. The number of thioether (sulfide) groups is 1. The minimum Gasteiger partial charge on any atom is -0.476 e. The van der Waals surface area contributed by atoms with Gasteiger partial charge in [-0.3, -0.25) is 0 Å². The van der Waals surface area contributed by atoms with Crippen LogP contribution in [0.4, 0.5) is 0 Å². The van der Waals surface area contributed by atoms with E-state index in [1.807, 2.05) is 18.4 Å². The van der Waals surface area contributed by atoms with Gasteiger partial charge in [-0.25, -0.2) is 9.78 Å². The maximum Gasteiger partial charge on any atom is 0.356 e. The molecule has 0 bridgehead atoms. The summed E-state index contributed by atoms with van der Waals surface area (Å²) < 4.78 is 1.90. The largest absolute Gasteiger partial charge is 0.476 e. The molecule has 84 valence electrons. The van der Waals surface area contributed by atoms with Crippen LogP contribution in [-0.2, 0) is 0 Å². The molecule has 0 aliphatic heterocycles. The first-order valence-corrected chi connectivity index (χ1v) is 5.78. The zero-order valence-electron chi connectivity index (χ0n) is 9.39. The number of nitrogens with zero attached hydrogens (tertiary/aromatic N) is 2. The highest BCUT2D eigenvalue weighted by Crippen LogP contribution is 2.25. The third-order valence-corrected chi connectivity index (χ3v) is 2.80. The van der Waals surface area contributed by atoms with E-state index in [1.165, 1.54) is 0 Å². The normalized spacial score (nSPS) is 11.3.